The van der Waals surface area contributed by atoms with Gasteiger partial charge >= 0.3 is 6.36 Å². The molecule has 5 N–H and O–H groups in total. The van der Waals surface area contributed by atoms with Gasteiger partial charge in [-0.15, -0.1) is 13.2 Å². The zero-order valence-corrected chi connectivity index (χ0v) is 8.08. The van der Waals surface area contributed by atoms with Crippen molar-refractivity contribution in [2.75, 3.05) is 5.73 Å². The summed E-state index contributed by atoms with van der Waals surface area (Å²) < 4.78 is 39.3. The summed E-state index contributed by atoms with van der Waals surface area (Å²) in [5, 5.41) is 8.92. The van der Waals surface area contributed by atoms with E-state index in [2.05, 4.69) is 9.72 Å². The summed E-state index contributed by atoms with van der Waals surface area (Å²) in [5.74, 6) is -0.903. The smallest absolute Gasteiger partial charge is 0.392 e. The highest BCUT2D eigenvalue weighted by molar-refractivity contribution is 5.47. The van der Waals surface area contributed by atoms with Crippen LogP contribution in [0.25, 0.3) is 0 Å². The molecule has 0 aliphatic carbocycles. The second-order valence-electron chi connectivity index (χ2n) is 2.89. The lowest BCUT2D eigenvalue weighted by molar-refractivity contribution is -0.276. The fraction of sp³-hybridized carbons (Fsp3) is 0.375. The molecule has 1 rings (SSSR count). The zero-order valence-electron chi connectivity index (χ0n) is 8.08. The van der Waals surface area contributed by atoms with E-state index in [0.29, 0.717) is 5.56 Å². The Hall–Kier alpha value is -1.54. The minimum atomic E-state index is -4.85. The van der Waals surface area contributed by atoms with E-state index in [1.54, 1.807) is 0 Å². The van der Waals surface area contributed by atoms with Crippen molar-refractivity contribution in [3.8, 4) is 5.88 Å². The summed E-state index contributed by atoms with van der Waals surface area (Å²) in [7, 11) is 0. The third-order valence-electron chi connectivity index (χ3n) is 1.82. The van der Waals surface area contributed by atoms with Gasteiger partial charge in [-0.2, -0.15) is 4.98 Å². The van der Waals surface area contributed by atoms with Gasteiger partial charge < -0.3 is 21.3 Å². The second kappa shape index (κ2) is 4.54. The molecule has 0 aliphatic heterocycles. The average molecular weight is 237 g/mol. The molecule has 0 saturated carbocycles. The van der Waals surface area contributed by atoms with Crippen molar-refractivity contribution in [1.29, 1.82) is 0 Å². The number of alkyl halides is 3. The van der Waals surface area contributed by atoms with Crippen molar-refractivity contribution in [2.45, 2.75) is 19.5 Å². The first-order valence-corrected chi connectivity index (χ1v) is 4.22. The number of aromatic nitrogens is 1. The highest BCUT2D eigenvalue weighted by atomic mass is 19.4. The van der Waals surface area contributed by atoms with E-state index in [1.165, 1.54) is 0 Å². The van der Waals surface area contributed by atoms with E-state index in [0.717, 1.165) is 6.07 Å². The van der Waals surface area contributed by atoms with Crippen molar-refractivity contribution in [3.05, 3.63) is 17.2 Å². The molecule has 0 atom stereocenters. The van der Waals surface area contributed by atoms with Crippen molar-refractivity contribution in [2.24, 2.45) is 5.73 Å². The van der Waals surface area contributed by atoms with Crippen LogP contribution in [0.15, 0.2) is 6.07 Å². The van der Waals surface area contributed by atoms with E-state index in [-0.39, 0.29) is 17.9 Å². The molecule has 0 spiro atoms. The van der Waals surface area contributed by atoms with Crippen LogP contribution in [0.3, 0.4) is 0 Å². The maximum absolute atomic E-state index is 11.9. The molecule has 0 radical (unpaired) electrons. The van der Waals surface area contributed by atoms with Gasteiger partial charge in [0.2, 0.25) is 5.88 Å². The van der Waals surface area contributed by atoms with Gasteiger partial charge in [0, 0.05) is 18.2 Å². The normalized spacial score (nSPS) is 11.6. The predicted octanol–water partition coefficient (Wildman–Crippen LogP) is 0.513. The van der Waals surface area contributed by atoms with E-state index >= 15 is 0 Å². The van der Waals surface area contributed by atoms with Gasteiger partial charge in [-0.05, 0) is 5.56 Å². The van der Waals surface area contributed by atoms with Crippen LogP contribution < -0.4 is 16.2 Å². The summed E-state index contributed by atoms with van der Waals surface area (Å²) in [6, 6.07) is 0.950. The fourth-order valence-electron chi connectivity index (χ4n) is 1.17. The molecule has 16 heavy (non-hydrogen) atoms. The van der Waals surface area contributed by atoms with Crippen LogP contribution in [0.5, 0.6) is 5.88 Å². The third kappa shape index (κ3) is 2.97. The first-order valence-electron chi connectivity index (χ1n) is 4.22. The van der Waals surface area contributed by atoms with Gasteiger partial charge in [-0.3, -0.25) is 0 Å². The molecular weight excluding hydrogens is 227 g/mol. The Morgan fingerprint density at radius 1 is 1.44 bits per heavy atom. The third-order valence-corrected chi connectivity index (χ3v) is 1.82. The summed E-state index contributed by atoms with van der Waals surface area (Å²) in [5.41, 5.74) is 11.2. The fourth-order valence-corrected chi connectivity index (χ4v) is 1.17. The Morgan fingerprint density at radius 2 is 2.06 bits per heavy atom. The molecule has 0 unspecified atom stereocenters. The number of aliphatic hydroxyl groups is 1. The molecule has 5 nitrogen and oxygen atoms in total. The number of aliphatic hydroxyl groups excluding tert-OH is 1. The Labute approximate surface area is 88.8 Å². The van der Waals surface area contributed by atoms with Crippen LogP contribution in [0, 0.1) is 0 Å². The summed E-state index contributed by atoms with van der Waals surface area (Å²) in [6.07, 6.45) is -4.85. The number of nitrogens with two attached hydrogens (primary N) is 2. The average Bonchev–Trinajstić information content (AvgIpc) is 2.14. The van der Waals surface area contributed by atoms with E-state index in [9.17, 15) is 13.2 Å². The molecule has 0 amide bonds. The van der Waals surface area contributed by atoms with Crippen LogP contribution in [-0.4, -0.2) is 16.5 Å². The van der Waals surface area contributed by atoms with Crippen molar-refractivity contribution in [3.63, 3.8) is 0 Å². The lowest BCUT2D eigenvalue weighted by Crippen LogP contribution is -2.19. The topological polar surface area (TPSA) is 94.4 Å². The summed E-state index contributed by atoms with van der Waals surface area (Å²) in [6.45, 7) is -0.519. The van der Waals surface area contributed by atoms with Gasteiger partial charge in [-0.25, -0.2) is 0 Å². The molecular formula is C8H10F3N3O2. The second-order valence-corrected chi connectivity index (χ2v) is 2.89. The molecule has 0 saturated heterocycles. The van der Waals surface area contributed by atoms with Crippen LogP contribution in [0.2, 0.25) is 0 Å². The number of pyridine rings is 1. The molecule has 0 aromatic carbocycles. The number of hydrogen-bond donors (Lipinski definition) is 3. The van der Waals surface area contributed by atoms with Gasteiger partial charge in [0.1, 0.15) is 5.82 Å². The lowest BCUT2D eigenvalue weighted by Gasteiger charge is -2.12. The van der Waals surface area contributed by atoms with E-state index in [1.807, 2.05) is 0 Å². The number of halogens is 3. The van der Waals surface area contributed by atoms with E-state index in [4.69, 9.17) is 16.6 Å². The zero-order chi connectivity index (χ0) is 12.3. The van der Waals surface area contributed by atoms with Gasteiger partial charge in [0.25, 0.3) is 0 Å². The van der Waals surface area contributed by atoms with Crippen LogP contribution in [-0.2, 0) is 13.2 Å². The Balaban J connectivity index is 3.10. The van der Waals surface area contributed by atoms with Crippen molar-refractivity contribution in [1.82, 2.24) is 4.98 Å². The highest BCUT2D eigenvalue weighted by Crippen LogP contribution is 2.25. The Bertz CT molecular complexity index is 382. The quantitative estimate of drug-likeness (QED) is 0.712. The van der Waals surface area contributed by atoms with Crippen LogP contribution >= 0.6 is 0 Å². The van der Waals surface area contributed by atoms with Gasteiger partial charge in [0.05, 0.1) is 6.61 Å². The van der Waals surface area contributed by atoms with Crippen LogP contribution in [0.4, 0.5) is 19.0 Å². The summed E-state index contributed by atoms with van der Waals surface area (Å²) in [4.78, 5) is 3.38. The number of hydrogen-bond acceptors (Lipinski definition) is 5. The molecule has 90 valence electrons. The molecule has 1 aromatic heterocycles. The molecule has 0 aliphatic rings. The minimum Gasteiger partial charge on any atom is -0.392 e. The lowest BCUT2D eigenvalue weighted by atomic mass is 10.1. The van der Waals surface area contributed by atoms with Gasteiger partial charge in [-0.1, -0.05) is 0 Å². The Kier molecular flexibility index (Phi) is 3.55. The SMILES string of the molecule is NCc1c(CO)cc(OC(F)(F)F)nc1N. The number of nitrogen functional groups attached to an aromatic ring is 1. The predicted molar refractivity (Wildman–Crippen MR) is 49.1 cm³/mol. The maximum Gasteiger partial charge on any atom is 0.574 e. The molecule has 1 aromatic rings. The number of rotatable bonds is 3. The van der Waals surface area contributed by atoms with Gasteiger partial charge in [0.15, 0.2) is 0 Å². The molecule has 0 fully saturated rings. The number of anilines is 1. The number of ether oxygens (including phenoxy) is 1. The van der Waals surface area contributed by atoms with Crippen molar-refractivity contribution < 1.29 is 23.0 Å². The monoisotopic (exact) mass is 237 g/mol. The Morgan fingerprint density at radius 3 is 2.50 bits per heavy atom. The van der Waals surface area contributed by atoms with Crippen molar-refractivity contribution >= 4 is 5.82 Å². The maximum atomic E-state index is 11.9. The number of nitrogens with zero attached hydrogens (tertiary/aromatic N) is 1. The van der Waals surface area contributed by atoms with E-state index < -0.39 is 18.8 Å². The first-order chi connectivity index (χ1) is 7.37. The van der Waals surface area contributed by atoms with Crippen LogP contribution in [0.1, 0.15) is 11.1 Å². The molecule has 0 bridgehead atoms. The molecule has 8 heteroatoms. The highest BCUT2D eigenvalue weighted by Gasteiger charge is 2.32. The first kappa shape index (κ1) is 12.5. The minimum absolute atomic E-state index is 0.0268. The standard InChI is InChI=1S/C8H10F3N3O2/c9-8(10,11)16-6-1-4(3-15)5(2-12)7(13)14-6/h1,15H,2-3,12H2,(H2,13,14). The molecule has 1 heterocycles. The largest absolute Gasteiger partial charge is 0.574 e. The summed E-state index contributed by atoms with van der Waals surface area (Å²) >= 11 is 0.